The number of hydrogen-bond acceptors (Lipinski definition) is 6. The summed E-state index contributed by atoms with van der Waals surface area (Å²) in [5, 5.41) is 11.1. The van der Waals surface area contributed by atoms with Gasteiger partial charge in [-0.1, -0.05) is 55.8 Å². The van der Waals surface area contributed by atoms with Crippen LogP contribution in [0.1, 0.15) is 31.2 Å². The standard InChI is InChI=1S/C26H24FN3O4S/c1-2-3-9-23-29-25(31)24(26(32)30(23)17-18-7-5-4-6-8-18)35(33,34)22-12-10-19(11-13-22)20-14-21(27)16-28-15-20/h4-8,10-16,32H,2-3,9,17H2,1H3. The van der Waals surface area contributed by atoms with Crippen LogP contribution >= 0.6 is 0 Å². The quantitative estimate of drug-likeness (QED) is 0.391. The Labute approximate surface area is 202 Å². The normalized spacial score (nSPS) is 11.5. The first-order valence-electron chi connectivity index (χ1n) is 11.1. The van der Waals surface area contributed by atoms with Crippen molar-refractivity contribution < 1.29 is 17.9 Å². The lowest BCUT2D eigenvalue weighted by Crippen LogP contribution is -2.25. The van der Waals surface area contributed by atoms with E-state index in [2.05, 4.69) is 9.97 Å². The minimum absolute atomic E-state index is 0.160. The zero-order valence-electron chi connectivity index (χ0n) is 19.1. The number of aromatic hydroxyl groups is 1. The second-order valence-corrected chi connectivity index (χ2v) is 9.97. The van der Waals surface area contributed by atoms with Crippen molar-refractivity contribution in [2.45, 2.75) is 42.5 Å². The van der Waals surface area contributed by atoms with Gasteiger partial charge in [0.2, 0.25) is 15.7 Å². The molecule has 1 N–H and O–H groups in total. The summed E-state index contributed by atoms with van der Waals surface area (Å²) in [6.45, 7) is 2.15. The van der Waals surface area contributed by atoms with Gasteiger partial charge in [0.15, 0.2) is 4.90 Å². The van der Waals surface area contributed by atoms with Gasteiger partial charge in [-0.2, -0.15) is 4.98 Å². The van der Waals surface area contributed by atoms with Crippen molar-refractivity contribution in [2.24, 2.45) is 0 Å². The van der Waals surface area contributed by atoms with E-state index in [1.807, 2.05) is 37.3 Å². The molecule has 4 rings (SSSR count). The first kappa shape index (κ1) is 24.3. The van der Waals surface area contributed by atoms with Crippen LogP contribution in [0, 0.1) is 5.82 Å². The molecule has 2 heterocycles. The van der Waals surface area contributed by atoms with Crippen LogP contribution in [0.4, 0.5) is 4.39 Å². The summed E-state index contributed by atoms with van der Waals surface area (Å²) in [5.74, 6) is -0.832. The Morgan fingerprint density at radius 1 is 1.00 bits per heavy atom. The van der Waals surface area contributed by atoms with E-state index in [9.17, 15) is 22.7 Å². The maximum Gasteiger partial charge on any atom is 0.296 e. The molecule has 180 valence electrons. The van der Waals surface area contributed by atoms with Crippen LogP contribution in [0.15, 0.2) is 87.6 Å². The first-order chi connectivity index (χ1) is 16.8. The van der Waals surface area contributed by atoms with Crippen molar-refractivity contribution in [1.82, 2.24) is 14.5 Å². The van der Waals surface area contributed by atoms with Gasteiger partial charge in [-0.3, -0.25) is 14.3 Å². The number of hydrogen-bond donors (Lipinski definition) is 1. The van der Waals surface area contributed by atoms with Crippen molar-refractivity contribution in [3.8, 4) is 17.0 Å². The monoisotopic (exact) mass is 493 g/mol. The van der Waals surface area contributed by atoms with Crippen molar-refractivity contribution in [3.63, 3.8) is 0 Å². The number of aromatic nitrogens is 3. The molecule has 0 atom stereocenters. The van der Waals surface area contributed by atoms with Gasteiger partial charge < -0.3 is 5.11 Å². The molecule has 0 unspecified atom stereocenters. The number of aryl methyl sites for hydroxylation is 1. The third kappa shape index (κ3) is 5.14. The van der Waals surface area contributed by atoms with Gasteiger partial charge in [-0.05, 0) is 35.7 Å². The highest BCUT2D eigenvalue weighted by Crippen LogP contribution is 2.29. The summed E-state index contributed by atoms with van der Waals surface area (Å²) in [4.78, 5) is 19.8. The first-order valence-corrected chi connectivity index (χ1v) is 12.6. The van der Waals surface area contributed by atoms with E-state index in [-0.39, 0.29) is 11.4 Å². The maximum atomic E-state index is 13.5. The zero-order valence-corrected chi connectivity index (χ0v) is 19.9. The number of pyridine rings is 1. The van der Waals surface area contributed by atoms with Crippen LogP contribution < -0.4 is 5.56 Å². The van der Waals surface area contributed by atoms with E-state index < -0.39 is 32.0 Å². The number of benzene rings is 2. The fourth-order valence-corrected chi connectivity index (χ4v) is 5.13. The third-order valence-electron chi connectivity index (χ3n) is 5.60. The van der Waals surface area contributed by atoms with Crippen molar-refractivity contribution in [2.75, 3.05) is 0 Å². The molecule has 9 heteroatoms. The van der Waals surface area contributed by atoms with Gasteiger partial charge >= 0.3 is 0 Å². The van der Waals surface area contributed by atoms with E-state index in [0.29, 0.717) is 23.4 Å². The van der Waals surface area contributed by atoms with Crippen LogP contribution in [0.5, 0.6) is 5.88 Å². The Balaban J connectivity index is 1.79. The summed E-state index contributed by atoms with van der Waals surface area (Å²) in [5.41, 5.74) is 0.845. The molecule has 0 bridgehead atoms. The molecule has 0 saturated carbocycles. The highest BCUT2D eigenvalue weighted by atomic mass is 32.2. The third-order valence-corrected chi connectivity index (χ3v) is 7.39. The van der Waals surface area contributed by atoms with E-state index >= 15 is 0 Å². The van der Waals surface area contributed by atoms with Gasteiger partial charge in [0.05, 0.1) is 17.6 Å². The average molecular weight is 494 g/mol. The Bertz CT molecular complexity index is 1500. The molecule has 2 aromatic carbocycles. The van der Waals surface area contributed by atoms with Crippen LogP contribution in [-0.4, -0.2) is 28.1 Å². The molecular weight excluding hydrogens is 469 g/mol. The molecular formula is C26H24FN3O4S. The van der Waals surface area contributed by atoms with Crippen molar-refractivity contribution in [1.29, 1.82) is 0 Å². The molecule has 0 spiro atoms. The summed E-state index contributed by atoms with van der Waals surface area (Å²) >= 11 is 0. The molecule has 35 heavy (non-hydrogen) atoms. The van der Waals surface area contributed by atoms with Crippen LogP contribution in [0.2, 0.25) is 0 Å². The molecule has 0 aliphatic rings. The molecule has 0 saturated heterocycles. The fourth-order valence-electron chi connectivity index (χ4n) is 3.78. The molecule has 0 fully saturated rings. The van der Waals surface area contributed by atoms with E-state index in [0.717, 1.165) is 24.6 Å². The van der Waals surface area contributed by atoms with Gasteiger partial charge in [0, 0.05) is 18.2 Å². The SMILES string of the molecule is CCCCc1nc(=O)c(S(=O)(=O)c2ccc(-c3cncc(F)c3)cc2)c(O)n1Cc1ccccc1. The Morgan fingerprint density at radius 3 is 2.37 bits per heavy atom. The average Bonchev–Trinajstić information content (AvgIpc) is 2.85. The van der Waals surface area contributed by atoms with Crippen LogP contribution in [0.25, 0.3) is 11.1 Å². The molecule has 7 nitrogen and oxygen atoms in total. The Hall–Kier alpha value is -3.85. The molecule has 0 radical (unpaired) electrons. The van der Waals surface area contributed by atoms with Gasteiger partial charge in [0.25, 0.3) is 5.56 Å². The van der Waals surface area contributed by atoms with Crippen LogP contribution in [-0.2, 0) is 22.8 Å². The lowest BCUT2D eigenvalue weighted by molar-refractivity contribution is 0.388. The highest BCUT2D eigenvalue weighted by molar-refractivity contribution is 7.91. The van der Waals surface area contributed by atoms with Gasteiger partial charge in [0.1, 0.15) is 11.6 Å². The number of unbranched alkanes of at least 4 members (excludes halogenated alkanes) is 1. The number of nitrogens with zero attached hydrogens (tertiary/aromatic N) is 3. The fraction of sp³-hybridized carbons (Fsp3) is 0.192. The maximum absolute atomic E-state index is 13.5. The topological polar surface area (TPSA) is 102 Å². The second-order valence-electron chi connectivity index (χ2n) is 8.08. The summed E-state index contributed by atoms with van der Waals surface area (Å²) in [7, 11) is -4.40. The number of rotatable bonds is 8. The molecule has 0 aliphatic carbocycles. The molecule has 2 aromatic heterocycles. The predicted molar refractivity (Wildman–Crippen MR) is 129 cm³/mol. The lowest BCUT2D eigenvalue weighted by Gasteiger charge is -2.17. The summed E-state index contributed by atoms with van der Waals surface area (Å²) < 4.78 is 41.7. The highest BCUT2D eigenvalue weighted by Gasteiger charge is 2.29. The molecule has 0 aliphatic heterocycles. The minimum atomic E-state index is -4.40. The lowest BCUT2D eigenvalue weighted by atomic mass is 10.1. The van der Waals surface area contributed by atoms with E-state index in [4.69, 9.17) is 0 Å². The van der Waals surface area contributed by atoms with Crippen molar-refractivity contribution >= 4 is 9.84 Å². The molecule has 4 aromatic rings. The number of halogens is 1. The molecule has 0 amide bonds. The predicted octanol–water partition coefficient (Wildman–Crippen LogP) is 4.37. The second kappa shape index (κ2) is 10.2. The Morgan fingerprint density at radius 2 is 1.71 bits per heavy atom. The smallest absolute Gasteiger partial charge is 0.296 e. The zero-order chi connectivity index (χ0) is 25.0. The van der Waals surface area contributed by atoms with Gasteiger partial charge in [-0.15, -0.1) is 0 Å². The summed E-state index contributed by atoms with van der Waals surface area (Å²) in [6, 6.07) is 16.1. The minimum Gasteiger partial charge on any atom is -0.493 e. The van der Waals surface area contributed by atoms with Crippen molar-refractivity contribution in [3.05, 3.63) is 101 Å². The number of sulfone groups is 1. The summed E-state index contributed by atoms with van der Waals surface area (Å²) in [6.07, 6.45) is 4.52. The Kier molecular flexibility index (Phi) is 7.07. The largest absolute Gasteiger partial charge is 0.493 e. The van der Waals surface area contributed by atoms with Gasteiger partial charge in [-0.25, -0.2) is 12.8 Å². The van der Waals surface area contributed by atoms with E-state index in [1.54, 1.807) is 0 Å². The van der Waals surface area contributed by atoms with E-state index in [1.165, 1.54) is 41.1 Å². The van der Waals surface area contributed by atoms with Crippen LogP contribution in [0.3, 0.4) is 0 Å².